The second kappa shape index (κ2) is 6.61. The Bertz CT molecular complexity index is 442. The highest BCUT2D eigenvalue weighted by Crippen LogP contribution is 2.09. The number of ether oxygens (including phenoxy) is 1. The fourth-order valence-electron chi connectivity index (χ4n) is 1.47. The van der Waals surface area contributed by atoms with E-state index in [4.69, 9.17) is 4.74 Å². The Morgan fingerprint density at radius 3 is 2.53 bits per heavy atom. The number of carbonyl (C=O) groups excluding carboxylic acids is 1. The summed E-state index contributed by atoms with van der Waals surface area (Å²) >= 11 is 0. The zero-order valence-corrected chi connectivity index (χ0v) is 11.4. The normalized spacial score (nSPS) is 11.4. The molecular weight excluding hydrogens is 252 g/mol. The van der Waals surface area contributed by atoms with Crippen molar-refractivity contribution >= 4 is 5.97 Å². The summed E-state index contributed by atoms with van der Waals surface area (Å²) in [5.74, 6) is -2.02. The predicted molar refractivity (Wildman–Crippen MR) is 68.5 cm³/mol. The molecule has 0 fully saturated rings. The summed E-state index contributed by atoms with van der Waals surface area (Å²) in [7, 11) is 0. The van der Waals surface area contributed by atoms with Crippen LogP contribution in [-0.2, 0) is 16.1 Å². The molecule has 0 saturated heterocycles. The van der Waals surface area contributed by atoms with Crippen LogP contribution >= 0.6 is 0 Å². The zero-order chi connectivity index (χ0) is 14.5. The van der Waals surface area contributed by atoms with Crippen molar-refractivity contribution in [3.05, 3.63) is 35.4 Å². The van der Waals surface area contributed by atoms with Crippen LogP contribution in [0.5, 0.6) is 0 Å². The molecule has 1 rings (SSSR count). The highest BCUT2D eigenvalue weighted by Gasteiger charge is 2.15. The fraction of sp³-hybridized carbons (Fsp3) is 0.500. The quantitative estimate of drug-likeness (QED) is 0.661. The van der Waals surface area contributed by atoms with Crippen molar-refractivity contribution < 1.29 is 18.3 Å². The Kier molecular flexibility index (Phi) is 5.42. The number of hydrogen-bond acceptors (Lipinski definition) is 3. The molecule has 0 aromatic heterocycles. The minimum atomic E-state index is -0.869. The number of esters is 1. The van der Waals surface area contributed by atoms with E-state index in [0.29, 0.717) is 18.7 Å². The van der Waals surface area contributed by atoms with Crippen LogP contribution in [0.3, 0.4) is 0 Å². The average molecular weight is 271 g/mol. The van der Waals surface area contributed by atoms with E-state index in [0.717, 1.165) is 12.1 Å². The summed E-state index contributed by atoms with van der Waals surface area (Å²) in [6, 6.07) is 3.72. The van der Waals surface area contributed by atoms with Crippen LogP contribution < -0.4 is 5.32 Å². The molecule has 3 nitrogen and oxygen atoms in total. The van der Waals surface area contributed by atoms with Gasteiger partial charge < -0.3 is 10.1 Å². The average Bonchev–Trinajstić information content (AvgIpc) is 2.27. The standard InChI is InChI=1S/C14H19F2NO2/c1-14(2,3)19-13(18)6-7-17-9-10-4-5-11(15)12(16)8-10/h4-5,8,17H,6-7,9H2,1-3H3. The summed E-state index contributed by atoms with van der Waals surface area (Å²) in [5.41, 5.74) is 0.139. The first kappa shape index (κ1) is 15.6. The third kappa shape index (κ3) is 6.29. The molecular formula is C14H19F2NO2. The first-order valence-electron chi connectivity index (χ1n) is 6.14. The molecule has 5 heteroatoms. The fourth-order valence-corrected chi connectivity index (χ4v) is 1.47. The Balaban J connectivity index is 2.27. The van der Waals surface area contributed by atoms with Crippen LogP contribution in [0, 0.1) is 11.6 Å². The molecule has 1 aromatic carbocycles. The van der Waals surface area contributed by atoms with Crippen molar-refractivity contribution in [1.82, 2.24) is 5.32 Å². The van der Waals surface area contributed by atoms with E-state index in [1.165, 1.54) is 6.07 Å². The van der Waals surface area contributed by atoms with Gasteiger partial charge in [-0.1, -0.05) is 6.07 Å². The molecule has 1 N–H and O–H groups in total. The molecule has 1 aromatic rings. The second-order valence-corrected chi connectivity index (χ2v) is 5.26. The topological polar surface area (TPSA) is 38.3 Å². The molecule has 19 heavy (non-hydrogen) atoms. The molecule has 0 unspecified atom stereocenters. The lowest BCUT2D eigenvalue weighted by molar-refractivity contribution is -0.154. The predicted octanol–water partition coefficient (Wildman–Crippen LogP) is 2.79. The van der Waals surface area contributed by atoms with Crippen molar-refractivity contribution in [2.45, 2.75) is 39.3 Å². The number of hydrogen-bond donors (Lipinski definition) is 1. The van der Waals surface area contributed by atoms with Crippen LogP contribution in [0.25, 0.3) is 0 Å². The molecule has 106 valence electrons. The maximum Gasteiger partial charge on any atom is 0.307 e. The van der Waals surface area contributed by atoms with Crippen molar-refractivity contribution in [3.8, 4) is 0 Å². The largest absolute Gasteiger partial charge is 0.460 e. The smallest absolute Gasteiger partial charge is 0.307 e. The number of benzene rings is 1. The second-order valence-electron chi connectivity index (χ2n) is 5.26. The molecule has 0 aliphatic rings. The van der Waals surface area contributed by atoms with Crippen molar-refractivity contribution in [3.63, 3.8) is 0 Å². The third-order valence-corrected chi connectivity index (χ3v) is 2.24. The van der Waals surface area contributed by atoms with Gasteiger partial charge in [-0.3, -0.25) is 4.79 Å². The molecule has 0 atom stereocenters. The van der Waals surface area contributed by atoms with Crippen molar-refractivity contribution in [1.29, 1.82) is 0 Å². The Hall–Kier alpha value is -1.49. The van der Waals surface area contributed by atoms with Gasteiger partial charge in [0.05, 0.1) is 6.42 Å². The minimum absolute atomic E-state index is 0.237. The SMILES string of the molecule is CC(C)(C)OC(=O)CCNCc1ccc(F)c(F)c1. The van der Waals surface area contributed by atoms with Gasteiger partial charge in [-0.2, -0.15) is 0 Å². The van der Waals surface area contributed by atoms with E-state index in [9.17, 15) is 13.6 Å². The van der Waals surface area contributed by atoms with Crippen LogP contribution in [-0.4, -0.2) is 18.1 Å². The van der Waals surface area contributed by atoms with Gasteiger partial charge in [-0.25, -0.2) is 8.78 Å². The first-order valence-corrected chi connectivity index (χ1v) is 6.14. The Morgan fingerprint density at radius 2 is 1.95 bits per heavy atom. The summed E-state index contributed by atoms with van der Waals surface area (Å²) in [4.78, 5) is 11.4. The maximum absolute atomic E-state index is 12.9. The zero-order valence-electron chi connectivity index (χ0n) is 11.4. The maximum atomic E-state index is 12.9. The summed E-state index contributed by atoms with van der Waals surface area (Å²) in [6.07, 6.45) is 0.237. The van der Waals surface area contributed by atoms with Gasteiger partial charge in [0.2, 0.25) is 0 Å². The molecule has 0 spiro atoms. The molecule has 0 bridgehead atoms. The van der Waals surface area contributed by atoms with Crippen molar-refractivity contribution in [2.24, 2.45) is 0 Å². The van der Waals surface area contributed by atoms with E-state index in [1.54, 1.807) is 20.8 Å². The lowest BCUT2D eigenvalue weighted by Gasteiger charge is -2.19. The number of rotatable bonds is 5. The van der Waals surface area contributed by atoms with Gasteiger partial charge in [0, 0.05) is 13.1 Å². The molecule has 0 amide bonds. The Labute approximate surface area is 112 Å². The monoisotopic (exact) mass is 271 g/mol. The summed E-state index contributed by atoms with van der Waals surface area (Å²) in [6.45, 7) is 6.22. The number of carbonyl (C=O) groups is 1. The molecule has 0 radical (unpaired) electrons. The van der Waals surface area contributed by atoms with E-state index < -0.39 is 17.2 Å². The van der Waals surface area contributed by atoms with Gasteiger partial charge in [0.15, 0.2) is 11.6 Å². The minimum Gasteiger partial charge on any atom is -0.460 e. The molecule has 0 aliphatic carbocycles. The third-order valence-electron chi connectivity index (χ3n) is 2.24. The van der Waals surface area contributed by atoms with Gasteiger partial charge in [0.25, 0.3) is 0 Å². The van der Waals surface area contributed by atoms with Crippen molar-refractivity contribution in [2.75, 3.05) is 6.54 Å². The van der Waals surface area contributed by atoms with E-state index in [2.05, 4.69) is 5.32 Å². The summed E-state index contributed by atoms with van der Waals surface area (Å²) < 4.78 is 30.8. The van der Waals surface area contributed by atoms with E-state index in [-0.39, 0.29) is 12.4 Å². The van der Waals surface area contributed by atoms with Gasteiger partial charge in [-0.15, -0.1) is 0 Å². The van der Waals surface area contributed by atoms with Crippen LogP contribution in [0.2, 0.25) is 0 Å². The first-order chi connectivity index (χ1) is 8.78. The molecule has 0 saturated carbocycles. The van der Waals surface area contributed by atoms with Gasteiger partial charge in [-0.05, 0) is 38.5 Å². The lowest BCUT2D eigenvalue weighted by Crippen LogP contribution is -2.26. The Morgan fingerprint density at radius 1 is 1.26 bits per heavy atom. The molecule has 0 aliphatic heterocycles. The summed E-state index contributed by atoms with van der Waals surface area (Å²) in [5, 5.41) is 2.98. The van der Waals surface area contributed by atoms with E-state index >= 15 is 0 Å². The van der Waals surface area contributed by atoms with Crippen LogP contribution in [0.1, 0.15) is 32.8 Å². The highest BCUT2D eigenvalue weighted by atomic mass is 19.2. The van der Waals surface area contributed by atoms with Gasteiger partial charge >= 0.3 is 5.97 Å². The number of nitrogens with one attached hydrogen (secondary N) is 1. The lowest BCUT2D eigenvalue weighted by atomic mass is 10.2. The molecule has 0 heterocycles. The van der Waals surface area contributed by atoms with Crippen LogP contribution in [0.15, 0.2) is 18.2 Å². The van der Waals surface area contributed by atoms with Crippen LogP contribution in [0.4, 0.5) is 8.78 Å². The van der Waals surface area contributed by atoms with E-state index in [1.807, 2.05) is 0 Å². The highest BCUT2D eigenvalue weighted by molar-refractivity contribution is 5.70. The van der Waals surface area contributed by atoms with Gasteiger partial charge in [0.1, 0.15) is 5.60 Å². The number of halogens is 2.